The summed E-state index contributed by atoms with van der Waals surface area (Å²) >= 11 is 0. The maximum atomic E-state index is 12.7. The van der Waals surface area contributed by atoms with E-state index in [-0.39, 0.29) is 11.5 Å². The summed E-state index contributed by atoms with van der Waals surface area (Å²) in [6, 6.07) is 6.13. The zero-order valence-electron chi connectivity index (χ0n) is 18.8. The Morgan fingerprint density at radius 2 is 2.13 bits per heavy atom. The minimum Gasteiger partial charge on any atom is -0.491 e. The van der Waals surface area contributed by atoms with Crippen LogP contribution in [0.25, 0.3) is 11.1 Å². The molecule has 1 atom stereocenters. The second-order valence-corrected chi connectivity index (χ2v) is 8.83. The molecule has 4 rings (SSSR count). The number of rotatable bonds is 8. The molecule has 1 aliphatic carbocycles. The molecular formula is C24H33N3O4. The number of carbonyl (C=O) groups excluding carboxylic acids is 1. The van der Waals surface area contributed by atoms with Gasteiger partial charge in [-0.1, -0.05) is 11.6 Å². The van der Waals surface area contributed by atoms with Gasteiger partial charge in [0.05, 0.1) is 23.3 Å². The molecule has 1 aromatic heterocycles. The predicted octanol–water partition coefficient (Wildman–Crippen LogP) is 4.38. The van der Waals surface area contributed by atoms with Crippen LogP contribution in [-0.2, 0) is 9.53 Å². The second kappa shape index (κ2) is 9.40. The number of carbonyl (C=O) groups is 1. The number of hydrogen-bond donors (Lipinski definition) is 2. The predicted molar refractivity (Wildman–Crippen MR) is 119 cm³/mol. The van der Waals surface area contributed by atoms with E-state index in [0.29, 0.717) is 19.1 Å². The standard InChI is InChI=1S/C24H33N3O4/c1-16-23(17(2)31-27-16)20-13-18(26-22(28)14-24(29-3)10-6-11-24)8-9-21(20)30-15-19-7-4-5-12-25-19/h8-9,13,19,25H,4-7,10-12,14-15H2,1-3H3,(H,26,28)/t19-/m1/s1. The van der Waals surface area contributed by atoms with Crippen LogP contribution >= 0.6 is 0 Å². The Kier molecular flexibility index (Phi) is 6.62. The maximum absolute atomic E-state index is 12.7. The van der Waals surface area contributed by atoms with Gasteiger partial charge in [-0.2, -0.15) is 0 Å². The van der Waals surface area contributed by atoms with Gasteiger partial charge in [-0.15, -0.1) is 0 Å². The molecule has 0 unspecified atom stereocenters. The third kappa shape index (κ3) is 4.93. The van der Waals surface area contributed by atoms with Gasteiger partial charge in [0.1, 0.15) is 18.1 Å². The Morgan fingerprint density at radius 3 is 2.74 bits per heavy atom. The summed E-state index contributed by atoms with van der Waals surface area (Å²) in [6.07, 6.45) is 6.92. The van der Waals surface area contributed by atoms with Crippen LogP contribution in [0, 0.1) is 13.8 Å². The number of aryl methyl sites for hydroxylation is 2. The molecular weight excluding hydrogens is 394 g/mol. The topological polar surface area (TPSA) is 85.6 Å². The lowest BCUT2D eigenvalue weighted by molar-refractivity contribution is -0.129. The zero-order valence-corrected chi connectivity index (χ0v) is 18.8. The lowest BCUT2D eigenvalue weighted by atomic mass is 9.77. The third-order valence-electron chi connectivity index (χ3n) is 6.60. The first-order valence-electron chi connectivity index (χ1n) is 11.3. The van der Waals surface area contributed by atoms with Crippen LogP contribution in [-0.4, -0.2) is 43.0 Å². The summed E-state index contributed by atoms with van der Waals surface area (Å²) in [5, 5.41) is 10.7. The number of aromatic nitrogens is 1. The number of benzene rings is 1. The van der Waals surface area contributed by atoms with Gasteiger partial charge in [0.15, 0.2) is 0 Å². The Hall–Kier alpha value is -2.38. The van der Waals surface area contributed by atoms with Crippen LogP contribution < -0.4 is 15.4 Å². The molecule has 0 radical (unpaired) electrons. The van der Waals surface area contributed by atoms with Gasteiger partial charge in [0.2, 0.25) is 5.91 Å². The summed E-state index contributed by atoms with van der Waals surface area (Å²) in [5.41, 5.74) is 3.03. The molecule has 0 spiro atoms. The fourth-order valence-electron chi connectivity index (χ4n) is 4.58. The Labute approximate surface area is 183 Å². The van der Waals surface area contributed by atoms with Gasteiger partial charge in [-0.25, -0.2) is 0 Å². The van der Waals surface area contributed by atoms with Gasteiger partial charge in [-0.3, -0.25) is 4.79 Å². The van der Waals surface area contributed by atoms with Crippen molar-refractivity contribution < 1.29 is 18.8 Å². The number of amides is 1. The van der Waals surface area contributed by atoms with Crippen LogP contribution in [0.15, 0.2) is 22.7 Å². The van der Waals surface area contributed by atoms with E-state index in [0.717, 1.165) is 66.2 Å². The van der Waals surface area contributed by atoms with Crippen molar-refractivity contribution in [3.63, 3.8) is 0 Å². The van der Waals surface area contributed by atoms with Crippen molar-refractivity contribution >= 4 is 11.6 Å². The average molecular weight is 428 g/mol. The highest BCUT2D eigenvalue weighted by Crippen LogP contribution is 2.39. The summed E-state index contributed by atoms with van der Waals surface area (Å²) in [4.78, 5) is 12.7. The average Bonchev–Trinajstić information content (AvgIpc) is 3.08. The molecule has 1 aliphatic heterocycles. The lowest BCUT2D eigenvalue weighted by Crippen LogP contribution is -2.42. The highest BCUT2D eigenvalue weighted by atomic mass is 16.5. The number of anilines is 1. The van der Waals surface area contributed by atoms with E-state index >= 15 is 0 Å². The fraction of sp³-hybridized carbons (Fsp3) is 0.583. The molecule has 168 valence electrons. The molecule has 2 fully saturated rings. The first-order chi connectivity index (χ1) is 15.0. The van der Waals surface area contributed by atoms with E-state index in [1.54, 1.807) is 7.11 Å². The van der Waals surface area contributed by atoms with Gasteiger partial charge in [-0.05, 0) is 70.7 Å². The first kappa shape index (κ1) is 21.8. The van der Waals surface area contributed by atoms with E-state index < -0.39 is 0 Å². The van der Waals surface area contributed by atoms with Crippen molar-refractivity contribution in [3.8, 4) is 16.9 Å². The Bertz CT molecular complexity index is 889. The van der Waals surface area contributed by atoms with Crippen LogP contribution in [0.4, 0.5) is 5.69 Å². The number of methoxy groups -OCH3 is 1. The van der Waals surface area contributed by atoms with Crippen molar-refractivity contribution in [1.29, 1.82) is 0 Å². The quantitative estimate of drug-likeness (QED) is 0.650. The molecule has 7 heteroatoms. The Morgan fingerprint density at radius 1 is 1.29 bits per heavy atom. The molecule has 7 nitrogen and oxygen atoms in total. The largest absolute Gasteiger partial charge is 0.491 e. The summed E-state index contributed by atoms with van der Waals surface area (Å²) in [5.74, 6) is 1.47. The second-order valence-electron chi connectivity index (χ2n) is 8.83. The highest BCUT2D eigenvalue weighted by molar-refractivity contribution is 5.93. The SMILES string of the molecule is COC1(CC(=O)Nc2ccc(OC[C@H]3CCCCN3)c(-c3c(C)noc3C)c2)CCC1. The first-order valence-corrected chi connectivity index (χ1v) is 11.3. The molecule has 1 aromatic carbocycles. The number of nitrogens with zero attached hydrogens (tertiary/aromatic N) is 1. The molecule has 2 heterocycles. The van der Waals surface area contributed by atoms with Crippen LogP contribution in [0.2, 0.25) is 0 Å². The van der Waals surface area contributed by atoms with Crippen molar-refractivity contribution in [2.45, 2.75) is 70.4 Å². The monoisotopic (exact) mass is 427 g/mol. The third-order valence-corrected chi connectivity index (χ3v) is 6.60. The summed E-state index contributed by atoms with van der Waals surface area (Å²) in [6.45, 7) is 5.46. The molecule has 31 heavy (non-hydrogen) atoms. The molecule has 1 amide bonds. The summed E-state index contributed by atoms with van der Waals surface area (Å²) in [7, 11) is 1.69. The molecule has 2 N–H and O–H groups in total. The van der Waals surface area contributed by atoms with Gasteiger partial charge in [0, 0.05) is 24.4 Å². The van der Waals surface area contributed by atoms with E-state index in [9.17, 15) is 4.79 Å². The highest BCUT2D eigenvalue weighted by Gasteiger charge is 2.39. The number of nitrogens with one attached hydrogen (secondary N) is 2. The minimum absolute atomic E-state index is 0.0358. The van der Waals surface area contributed by atoms with E-state index in [2.05, 4.69) is 15.8 Å². The zero-order chi connectivity index (χ0) is 21.8. The van der Waals surface area contributed by atoms with Crippen molar-refractivity contribution in [2.75, 3.05) is 25.6 Å². The molecule has 0 bridgehead atoms. The molecule has 2 aliphatic rings. The van der Waals surface area contributed by atoms with Crippen LogP contribution in [0.5, 0.6) is 5.75 Å². The summed E-state index contributed by atoms with van der Waals surface area (Å²) < 4.78 is 17.2. The van der Waals surface area contributed by atoms with Crippen molar-refractivity contribution in [3.05, 3.63) is 29.7 Å². The number of hydrogen-bond acceptors (Lipinski definition) is 6. The molecule has 1 saturated carbocycles. The van der Waals surface area contributed by atoms with Crippen LogP contribution in [0.3, 0.4) is 0 Å². The fourth-order valence-corrected chi connectivity index (χ4v) is 4.58. The Balaban J connectivity index is 1.53. The van der Waals surface area contributed by atoms with E-state index in [4.69, 9.17) is 14.0 Å². The van der Waals surface area contributed by atoms with Crippen molar-refractivity contribution in [1.82, 2.24) is 10.5 Å². The van der Waals surface area contributed by atoms with Crippen LogP contribution in [0.1, 0.15) is 56.4 Å². The van der Waals surface area contributed by atoms with Gasteiger partial charge < -0.3 is 24.6 Å². The van der Waals surface area contributed by atoms with E-state index in [1.165, 1.54) is 12.8 Å². The smallest absolute Gasteiger partial charge is 0.227 e. The minimum atomic E-state index is -0.301. The maximum Gasteiger partial charge on any atom is 0.227 e. The lowest BCUT2D eigenvalue weighted by Gasteiger charge is -2.39. The molecule has 2 aromatic rings. The normalized spacial score (nSPS) is 20.2. The number of piperidine rings is 1. The van der Waals surface area contributed by atoms with Gasteiger partial charge in [0.25, 0.3) is 0 Å². The van der Waals surface area contributed by atoms with E-state index in [1.807, 2.05) is 32.0 Å². The van der Waals surface area contributed by atoms with Crippen molar-refractivity contribution in [2.24, 2.45) is 0 Å². The number of ether oxygens (including phenoxy) is 2. The van der Waals surface area contributed by atoms with Gasteiger partial charge >= 0.3 is 0 Å². The molecule has 1 saturated heterocycles.